The summed E-state index contributed by atoms with van der Waals surface area (Å²) in [6, 6.07) is 5.56. The summed E-state index contributed by atoms with van der Waals surface area (Å²) in [4.78, 5) is 3.18. The summed E-state index contributed by atoms with van der Waals surface area (Å²) < 4.78 is 22.2. The quantitative estimate of drug-likeness (QED) is 0.746. The van der Waals surface area contributed by atoms with Crippen LogP contribution in [0.3, 0.4) is 0 Å². The molecule has 0 aliphatic carbocycles. The number of sulfonamides is 1. The van der Waals surface area contributed by atoms with Crippen molar-refractivity contribution in [2.24, 2.45) is 5.14 Å². The van der Waals surface area contributed by atoms with Crippen LogP contribution in [0.5, 0.6) is 0 Å². The molecule has 5 nitrogen and oxygen atoms in total. The number of aromatic amines is 1. The van der Waals surface area contributed by atoms with Crippen molar-refractivity contribution < 1.29 is 8.42 Å². The van der Waals surface area contributed by atoms with Gasteiger partial charge in [0.15, 0.2) is 0 Å². The predicted molar refractivity (Wildman–Crippen MR) is 72.7 cm³/mol. The van der Waals surface area contributed by atoms with Gasteiger partial charge in [-0.2, -0.15) is 0 Å². The maximum atomic E-state index is 11.1. The van der Waals surface area contributed by atoms with Crippen molar-refractivity contribution in [3.63, 3.8) is 0 Å². The highest BCUT2D eigenvalue weighted by Crippen LogP contribution is 2.21. The minimum atomic E-state index is -3.48. The smallest absolute Gasteiger partial charge is 0.213 e. The van der Waals surface area contributed by atoms with E-state index in [1.165, 1.54) is 5.56 Å². The second-order valence-corrected chi connectivity index (χ2v) is 5.97. The van der Waals surface area contributed by atoms with E-state index >= 15 is 0 Å². The lowest BCUT2D eigenvalue weighted by atomic mass is 10.1. The van der Waals surface area contributed by atoms with Crippen molar-refractivity contribution >= 4 is 20.9 Å². The lowest BCUT2D eigenvalue weighted by Gasteiger charge is -2.02. The number of nitrogens with two attached hydrogens (primary N) is 1. The highest BCUT2D eigenvalue weighted by molar-refractivity contribution is 7.88. The number of likely N-dealkylation sites (N-methyl/N-ethyl adjacent to an activating group) is 1. The first-order chi connectivity index (χ1) is 8.49. The summed E-state index contributed by atoms with van der Waals surface area (Å²) >= 11 is 0. The monoisotopic (exact) mass is 267 g/mol. The highest BCUT2D eigenvalue weighted by atomic mass is 32.2. The van der Waals surface area contributed by atoms with Crippen LogP contribution in [-0.4, -0.2) is 27.0 Å². The number of aromatic nitrogens is 1. The second-order valence-electron chi connectivity index (χ2n) is 4.35. The van der Waals surface area contributed by atoms with E-state index in [2.05, 4.69) is 10.3 Å². The Morgan fingerprint density at radius 1 is 1.39 bits per heavy atom. The Hall–Kier alpha value is -1.37. The molecule has 0 fully saturated rings. The molecule has 0 saturated heterocycles. The zero-order valence-corrected chi connectivity index (χ0v) is 11.0. The summed E-state index contributed by atoms with van der Waals surface area (Å²) in [5.41, 5.74) is 2.91. The maximum Gasteiger partial charge on any atom is 0.213 e. The van der Waals surface area contributed by atoms with Gasteiger partial charge >= 0.3 is 0 Å². The molecule has 6 heteroatoms. The summed E-state index contributed by atoms with van der Waals surface area (Å²) in [6.45, 7) is 0.881. The Labute approximate surface area is 106 Å². The van der Waals surface area contributed by atoms with Gasteiger partial charge in [-0.15, -0.1) is 0 Å². The standard InChI is InChI=1S/C12H17N3O2S/c1-14-5-4-10-7-15-12-3-2-9(6-11(10)12)8-18(13,16)17/h2-3,6-7,14-15H,4-5,8H2,1H3,(H2,13,16,17). The van der Waals surface area contributed by atoms with Gasteiger partial charge in [0.05, 0.1) is 5.75 Å². The molecule has 2 rings (SSSR count). The summed E-state index contributed by atoms with van der Waals surface area (Å²) in [5.74, 6) is -0.125. The molecule has 98 valence electrons. The van der Waals surface area contributed by atoms with Crippen LogP contribution in [0.2, 0.25) is 0 Å². The molecule has 1 heterocycles. The van der Waals surface area contributed by atoms with Crippen molar-refractivity contribution in [3.05, 3.63) is 35.5 Å². The van der Waals surface area contributed by atoms with E-state index in [4.69, 9.17) is 5.14 Å². The molecule has 0 spiro atoms. The molecule has 18 heavy (non-hydrogen) atoms. The first-order valence-electron chi connectivity index (χ1n) is 5.73. The van der Waals surface area contributed by atoms with Crippen LogP contribution in [0.4, 0.5) is 0 Å². The van der Waals surface area contributed by atoms with E-state index in [1.54, 1.807) is 6.07 Å². The molecule has 0 saturated carbocycles. The molecular formula is C12H17N3O2S. The van der Waals surface area contributed by atoms with Crippen LogP contribution in [-0.2, 0) is 22.2 Å². The van der Waals surface area contributed by atoms with Crippen LogP contribution in [0.25, 0.3) is 10.9 Å². The Balaban J connectivity index is 2.36. The Morgan fingerprint density at radius 2 is 2.17 bits per heavy atom. The van der Waals surface area contributed by atoms with Crippen LogP contribution in [0.1, 0.15) is 11.1 Å². The number of nitrogens with one attached hydrogen (secondary N) is 2. The molecule has 0 radical (unpaired) electrons. The second kappa shape index (κ2) is 5.09. The molecule has 0 aliphatic rings. The number of hydrogen-bond acceptors (Lipinski definition) is 3. The molecule has 1 aromatic carbocycles. The molecule has 2 aromatic rings. The fourth-order valence-corrected chi connectivity index (χ4v) is 2.66. The van der Waals surface area contributed by atoms with Crippen LogP contribution in [0.15, 0.2) is 24.4 Å². The van der Waals surface area contributed by atoms with E-state index < -0.39 is 10.0 Å². The third-order valence-corrected chi connectivity index (χ3v) is 3.58. The van der Waals surface area contributed by atoms with Gasteiger partial charge in [0, 0.05) is 17.1 Å². The fourth-order valence-electron chi connectivity index (χ4n) is 2.01. The minimum absolute atomic E-state index is 0.125. The van der Waals surface area contributed by atoms with Gasteiger partial charge in [-0.3, -0.25) is 0 Å². The van der Waals surface area contributed by atoms with Crippen LogP contribution in [0, 0.1) is 0 Å². The Bertz CT molecular complexity index is 646. The lowest BCUT2D eigenvalue weighted by molar-refractivity contribution is 0.597. The van der Waals surface area contributed by atoms with Crippen molar-refractivity contribution in [1.29, 1.82) is 0 Å². The molecule has 0 amide bonds. The normalized spacial score (nSPS) is 12.1. The van der Waals surface area contributed by atoms with E-state index in [-0.39, 0.29) is 5.75 Å². The molecular weight excluding hydrogens is 250 g/mol. The van der Waals surface area contributed by atoms with Gasteiger partial charge in [-0.05, 0) is 43.3 Å². The minimum Gasteiger partial charge on any atom is -0.361 e. The molecule has 0 atom stereocenters. The predicted octanol–water partition coefficient (Wildman–Crippen LogP) is 0.718. The van der Waals surface area contributed by atoms with Gasteiger partial charge in [-0.25, -0.2) is 13.6 Å². The summed E-state index contributed by atoms with van der Waals surface area (Å²) in [7, 11) is -1.58. The Kier molecular flexibility index (Phi) is 3.70. The van der Waals surface area contributed by atoms with Gasteiger partial charge < -0.3 is 10.3 Å². The Morgan fingerprint density at radius 3 is 2.83 bits per heavy atom. The molecule has 0 aliphatic heterocycles. The summed E-state index contributed by atoms with van der Waals surface area (Å²) in [5, 5.41) is 9.21. The third kappa shape index (κ3) is 3.10. The first-order valence-corrected chi connectivity index (χ1v) is 7.45. The molecule has 0 bridgehead atoms. The van der Waals surface area contributed by atoms with Crippen molar-refractivity contribution in [1.82, 2.24) is 10.3 Å². The van der Waals surface area contributed by atoms with Crippen LogP contribution < -0.4 is 10.5 Å². The zero-order chi connectivity index (χ0) is 13.2. The number of benzene rings is 1. The van der Waals surface area contributed by atoms with Gasteiger partial charge in [0.25, 0.3) is 0 Å². The summed E-state index contributed by atoms with van der Waals surface area (Å²) in [6.07, 6.45) is 2.86. The number of H-pyrrole nitrogens is 1. The van der Waals surface area contributed by atoms with Gasteiger partial charge in [-0.1, -0.05) is 6.07 Å². The topological polar surface area (TPSA) is 88.0 Å². The average Bonchev–Trinajstić information content (AvgIpc) is 2.67. The molecule has 1 aromatic heterocycles. The van der Waals surface area contributed by atoms with Crippen molar-refractivity contribution in [2.75, 3.05) is 13.6 Å². The van der Waals surface area contributed by atoms with Crippen LogP contribution >= 0.6 is 0 Å². The number of hydrogen-bond donors (Lipinski definition) is 3. The zero-order valence-electron chi connectivity index (χ0n) is 10.2. The largest absolute Gasteiger partial charge is 0.361 e. The van der Waals surface area contributed by atoms with E-state index in [1.807, 2.05) is 25.4 Å². The fraction of sp³-hybridized carbons (Fsp3) is 0.333. The SMILES string of the molecule is CNCCc1c[nH]c2ccc(CS(N)(=O)=O)cc12. The number of rotatable bonds is 5. The highest BCUT2D eigenvalue weighted by Gasteiger charge is 2.08. The lowest BCUT2D eigenvalue weighted by Crippen LogP contribution is -2.14. The third-order valence-electron chi connectivity index (χ3n) is 2.84. The van der Waals surface area contributed by atoms with E-state index in [0.717, 1.165) is 29.4 Å². The number of primary sulfonamides is 1. The average molecular weight is 267 g/mol. The van der Waals surface area contributed by atoms with Crippen molar-refractivity contribution in [3.8, 4) is 0 Å². The molecule has 4 N–H and O–H groups in total. The maximum absolute atomic E-state index is 11.1. The molecule has 0 unspecified atom stereocenters. The van der Waals surface area contributed by atoms with E-state index in [0.29, 0.717) is 0 Å². The number of fused-ring (bicyclic) bond motifs is 1. The van der Waals surface area contributed by atoms with Crippen molar-refractivity contribution in [2.45, 2.75) is 12.2 Å². The van der Waals surface area contributed by atoms with Gasteiger partial charge in [0.1, 0.15) is 0 Å². The van der Waals surface area contributed by atoms with E-state index in [9.17, 15) is 8.42 Å². The first kappa shape index (κ1) is 13.1. The van der Waals surface area contributed by atoms with Gasteiger partial charge in [0.2, 0.25) is 10.0 Å².